The van der Waals surface area contributed by atoms with E-state index in [1.165, 1.54) is 7.11 Å². The number of hydrogen-bond donors (Lipinski definition) is 0. The molecule has 0 saturated heterocycles. The van der Waals surface area contributed by atoms with Crippen LogP contribution in [-0.2, 0) is 11.3 Å². The maximum Gasteiger partial charge on any atom is 0.337 e. The monoisotopic (exact) mass is 594 g/mol. The van der Waals surface area contributed by atoms with Gasteiger partial charge in [0.1, 0.15) is 23.8 Å². The molecular weight excluding hydrogens is 571 g/mol. The summed E-state index contributed by atoms with van der Waals surface area (Å²) in [7, 11) is 5.13. The van der Waals surface area contributed by atoms with Crippen LogP contribution in [0.1, 0.15) is 51.6 Å². The van der Waals surface area contributed by atoms with Gasteiger partial charge in [-0.3, -0.25) is 0 Å². The first-order valence-corrected chi connectivity index (χ1v) is 13.7. The molecule has 3 aromatic carbocycles. The summed E-state index contributed by atoms with van der Waals surface area (Å²) in [4.78, 5) is 14.0. The molecule has 6 nitrogen and oxygen atoms in total. The number of carbonyl (C=O) groups is 1. The van der Waals surface area contributed by atoms with Crippen LogP contribution in [0.2, 0.25) is 15.1 Å². The molecule has 5 rings (SSSR count). The van der Waals surface area contributed by atoms with Gasteiger partial charge in [0.05, 0.1) is 33.3 Å². The number of hydrogen-bond acceptors (Lipinski definition) is 6. The maximum absolute atomic E-state index is 12.1. The minimum Gasteiger partial charge on any atom is -0.489 e. The molecule has 0 N–H and O–H groups in total. The van der Waals surface area contributed by atoms with E-state index in [1.807, 2.05) is 25.1 Å². The highest BCUT2D eigenvalue weighted by atomic mass is 35.5. The first-order chi connectivity index (χ1) is 19.2. The van der Waals surface area contributed by atoms with E-state index < -0.39 is 5.97 Å². The van der Waals surface area contributed by atoms with Crippen LogP contribution in [-0.4, -0.2) is 32.3 Å². The highest BCUT2D eigenvalue weighted by Crippen LogP contribution is 2.46. The second-order valence-electron chi connectivity index (χ2n) is 9.58. The fraction of sp³-hybridized carbons (Fsp3) is 0.226. The van der Waals surface area contributed by atoms with Crippen LogP contribution in [0.4, 0.5) is 5.69 Å². The SMILES string of the molecule is COC(=O)c1cc(C#Cc2ccc(OCc3c(-c4c(Cl)cccc4Cl)noc3C3CC3)cc2Cl)cc(N(C)C)c1. The number of esters is 1. The van der Waals surface area contributed by atoms with Gasteiger partial charge in [-0.1, -0.05) is 57.9 Å². The average Bonchev–Trinajstić information content (AvgIpc) is 3.70. The lowest BCUT2D eigenvalue weighted by Gasteiger charge is -2.14. The van der Waals surface area contributed by atoms with Crippen molar-refractivity contribution in [3.63, 3.8) is 0 Å². The van der Waals surface area contributed by atoms with Crippen molar-refractivity contribution < 1.29 is 18.8 Å². The molecule has 0 spiro atoms. The molecular formula is C31H25Cl3N2O4. The van der Waals surface area contributed by atoms with E-state index >= 15 is 0 Å². The van der Waals surface area contributed by atoms with Gasteiger partial charge in [0.15, 0.2) is 0 Å². The number of benzene rings is 3. The summed E-state index contributed by atoms with van der Waals surface area (Å²) in [6.07, 6.45) is 2.07. The molecule has 0 atom stereocenters. The van der Waals surface area contributed by atoms with Crippen LogP contribution >= 0.6 is 34.8 Å². The Morgan fingerprint density at radius 2 is 1.77 bits per heavy atom. The number of carbonyl (C=O) groups excluding carboxylic acids is 1. The molecule has 1 fully saturated rings. The quantitative estimate of drug-likeness (QED) is 0.159. The van der Waals surface area contributed by atoms with Crippen LogP contribution in [0.5, 0.6) is 5.75 Å². The summed E-state index contributed by atoms with van der Waals surface area (Å²) in [5.74, 6) is 7.44. The minimum atomic E-state index is -0.427. The number of halogens is 3. The Morgan fingerprint density at radius 3 is 2.42 bits per heavy atom. The third kappa shape index (κ3) is 6.08. The van der Waals surface area contributed by atoms with Crippen LogP contribution in [0.3, 0.4) is 0 Å². The van der Waals surface area contributed by atoms with E-state index in [0.717, 1.165) is 29.9 Å². The molecule has 1 heterocycles. The summed E-state index contributed by atoms with van der Waals surface area (Å²) in [6.45, 7) is 0.210. The molecule has 1 aliphatic rings. The Balaban J connectivity index is 1.38. The molecule has 1 aliphatic carbocycles. The van der Waals surface area contributed by atoms with Crippen molar-refractivity contribution in [3.05, 3.63) is 97.7 Å². The molecule has 0 unspecified atom stereocenters. The van der Waals surface area contributed by atoms with Crippen molar-refractivity contribution in [2.75, 3.05) is 26.1 Å². The van der Waals surface area contributed by atoms with Gasteiger partial charge in [-0.05, 0) is 55.3 Å². The zero-order valence-corrected chi connectivity index (χ0v) is 24.3. The third-order valence-corrected chi connectivity index (χ3v) is 7.43. The normalized spacial score (nSPS) is 12.4. The molecule has 0 bridgehead atoms. The Kier molecular flexibility index (Phi) is 8.27. The Hall–Kier alpha value is -3.63. The maximum atomic E-state index is 12.1. The first-order valence-electron chi connectivity index (χ1n) is 12.5. The Bertz CT molecular complexity index is 1630. The standard InChI is InChI=1S/C31H25Cl3N2O4/c1-36(2)22-14-18(13-21(15-22)31(37)38-3)7-8-19-11-12-23(16-27(19)34)39-17-24-29(35-40-30(24)20-9-10-20)28-25(32)5-4-6-26(28)33/h4-6,11-16,20H,9-10,17H2,1-3H3. The van der Waals surface area contributed by atoms with Crippen LogP contribution < -0.4 is 9.64 Å². The third-order valence-electron chi connectivity index (χ3n) is 6.49. The van der Waals surface area contributed by atoms with Crippen molar-refractivity contribution >= 4 is 46.5 Å². The van der Waals surface area contributed by atoms with Crippen molar-refractivity contribution in [1.29, 1.82) is 0 Å². The molecule has 1 saturated carbocycles. The molecule has 0 radical (unpaired) electrons. The molecule has 0 aliphatic heterocycles. The highest BCUT2D eigenvalue weighted by Gasteiger charge is 2.33. The van der Waals surface area contributed by atoms with E-state index in [2.05, 4.69) is 17.0 Å². The smallest absolute Gasteiger partial charge is 0.337 e. The number of nitrogens with zero attached hydrogens (tertiary/aromatic N) is 2. The summed E-state index contributed by atoms with van der Waals surface area (Å²) in [5, 5.41) is 5.72. The van der Waals surface area contributed by atoms with Crippen molar-refractivity contribution in [1.82, 2.24) is 5.16 Å². The van der Waals surface area contributed by atoms with Crippen molar-refractivity contribution in [3.8, 4) is 28.8 Å². The number of anilines is 1. The zero-order chi connectivity index (χ0) is 28.4. The number of rotatable bonds is 7. The summed E-state index contributed by atoms with van der Waals surface area (Å²) < 4.78 is 16.7. The van der Waals surface area contributed by atoms with E-state index in [4.69, 9.17) is 48.8 Å². The molecule has 1 aromatic heterocycles. The van der Waals surface area contributed by atoms with Gasteiger partial charge in [0.2, 0.25) is 0 Å². The fourth-order valence-electron chi connectivity index (χ4n) is 4.21. The second-order valence-corrected chi connectivity index (χ2v) is 10.8. The van der Waals surface area contributed by atoms with E-state index in [0.29, 0.717) is 54.7 Å². The van der Waals surface area contributed by atoms with E-state index in [9.17, 15) is 4.79 Å². The average molecular weight is 596 g/mol. The topological polar surface area (TPSA) is 64.8 Å². The molecule has 40 heavy (non-hydrogen) atoms. The molecule has 0 amide bonds. The predicted molar refractivity (Wildman–Crippen MR) is 158 cm³/mol. The second kappa shape index (κ2) is 11.9. The number of methoxy groups -OCH3 is 1. The largest absolute Gasteiger partial charge is 0.489 e. The van der Waals surface area contributed by atoms with Gasteiger partial charge in [-0.15, -0.1) is 0 Å². The van der Waals surface area contributed by atoms with Crippen LogP contribution in [0.25, 0.3) is 11.3 Å². The van der Waals surface area contributed by atoms with Gasteiger partial charge in [-0.25, -0.2) is 4.79 Å². The van der Waals surface area contributed by atoms with Gasteiger partial charge in [0.25, 0.3) is 0 Å². The lowest BCUT2D eigenvalue weighted by Crippen LogP contribution is -2.11. The summed E-state index contributed by atoms with van der Waals surface area (Å²) in [6, 6.07) is 16.0. The summed E-state index contributed by atoms with van der Waals surface area (Å²) in [5.41, 5.74) is 4.56. The van der Waals surface area contributed by atoms with E-state index in [1.54, 1.807) is 48.5 Å². The molecule has 204 valence electrons. The van der Waals surface area contributed by atoms with Gasteiger partial charge < -0.3 is 18.9 Å². The van der Waals surface area contributed by atoms with Gasteiger partial charge in [0, 0.05) is 48.5 Å². The Labute approximate surface area is 247 Å². The lowest BCUT2D eigenvalue weighted by atomic mass is 10.0. The number of aromatic nitrogens is 1. The molecule has 9 heteroatoms. The summed E-state index contributed by atoms with van der Waals surface area (Å²) >= 11 is 19.5. The lowest BCUT2D eigenvalue weighted by molar-refractivity contribution is 0.0600. The first kappa shape index (κ1) is 27.9. The van der Waals surface area contributed by atoms with Crippen molar-refractivity contribution in [2.24, 2.45) is 0 Å². The van der Waals surface area contributed by atoms with Gasteiger partial charge >= 0.3 is 5.97 Å². The zero-order valence-electron chi connectivity index (χ0n) is 22.1. The van der Waals surface area contributed by atoms with Crippen molar-refractivity contribution in [2.45, 2.75) is 25.4 Å². The van der Waals surface area contributed by atoms with E-state index in [-0.39, 0.29) is 6.61 Å². The molecule has 4 aromatic rings. The van der Waals surface area contributed by atoms with Crippen LogP contribution in [0.15, 0.2) is 59.1 Å². The predicted octanol–water partition coefficient (Wildman–Crippen LogP) is 8.01. The number of ether oxygens (including phenoxy) is 2. The van der Waals surface area contributed by atoms with Gasteiger partial charge in [-0.2, -0.15) is 0 Å². The Morgan fingerprint density at radius 1 is 1.02 bits per heavy atom. The van der Waals surface area contributed by atoms with Crippen LogP contribution in [0, 0.1) is 11.8 Å². The minimum absolute atomic E-state index is 0.210. The highest BCUT2D eigenvalue weighted by molar-refractivity contribution is 6.39. The fourth-order valence-corrected chi connectivity index (χ4v) is 5.00.